The van der Waals surface area contributed by atoms with Gasteiger partial charge in [-0.25, -0.2) is 4.98 Å². The van der Waals surface area contributed by atoms with Crippen LogP contribution in [0.2, 0.25) is 0 Å². The molecular weight excluding hydrogens is 256 g/mol. The summed E-state index contributed by atoms with van der Waals surface area (Å²) in [7, 11) is 0. The molecule has 0 unspecified atom stereocenters. The van der Waals surface area contributed by atoms with Gasteiger partial charge in [-0.15, -0.1) is 0 Å². The van der Waals surface area contributed by atoms with Crippen molar-refractivity contribution in [1.29, 1.82) is 0 Å². The molecule has 100 valence electrons. The van der Waals surface area contributed by atoms with Gasteiger partial charge in [0.1, 0.15) is 5.52 Å². The van der Waals surface area contributed by atoms with Crippen LogP contribution >= 0.6 is 0 Å². The van der Waals surface area contributed by atoms with Gasteiger partial charge in [-0.05, 0) is 25.0 Å². The molecule has 0 spiro atoms. The summed E-state index contributed by atoms with van der Waals surface area (Å²) in [5.74, 6) is 1.05. The minimum absolute atomic E-state index is 0.00876. The number of nitrogens with one attached hydrogen (secondary N) is 2. The summed E-state index contributed by atoms with van der Waals surface area (Å²) in [4.78, 5) is 16.2. The van der Waals surface area contributed by atoms with Gasteiger partial charge < -0.3 is 9.73 Å². The van der Waals surface area contributed by atoms with E-state index in [-0.39, 0.29) is 11.8 Å². The molecule has 1 aromatic carbocycles. The fraction of sp³-hybridized carbons (Fsp3) is 0.214. The number of anilines is 1. The number of aromatic amines is 1. The molecule has 2 N–H and O–H groups in total. The van der Waals surface area contributed by atoms with E-state index in [0.717, 1.165) is 18.4 Å². The third-order valence-electron chi connectivity index (χ3n) is 3.35. The lowest BCUT2D eigenvalue weighted by atomic mass is 10.3. The van der Waals surface area contributed by atoms with Crippen LogP contribution in [0, 0.1) is 5.92 Å². The van der Waals surface area contributed by atoms with Gasteiger partial charge in [0.25, 0.3) is 0 Å². The molecule has 1 amide bonds. The minimum atomic E-state index is 0.00876. The van der Waals surface area contributed by atoms with E-state index in [9.17, 15) is 4.79 Å². The van der Waals surface area contributed by atoms with E-state index in [0.29, 0.717) is 22.9 Å². The Morgan fingerprint density at radius 1 is 1.35 bits per heavy atom. The molecule has 0 radical (unpaired) electrons. The Balaban J connectivity index is 1.70. The summed E-state index contributed by atoms with van der Waals surface area (Å²) in [5.41, 5.74) is 2.15. The fourth-order valence-corrected chi connectivity index (χ4v) is 2.10. The Bertz CT molecular complexity index is 752. The molecule has 20 heavy (non-hydrogen) atoms. The number of H-pyrrole nitrogens is 1. The number of aromatic nitrogens is 3. The van der Waals surface area contributed by atoms with E-state index >= 15 is 0 Å². The second-order valence-electron chi connectivity index (χ2n) is 4.90. The quantitative estimate of drug-likeness (QED) is 0.764. The van der Waals surface area contributed by atoms with Crippen molar-refractivity contribution in [3.8, 4) is 11.5 Å². The van der Waals surface area contributed by atoms with Crippen molar-refractivity contribution in [2.75, 3.05) is 5.32 Å². The van der Waals surface area contributed by atoms with Crippen LogP contribution in [0.25, 0.3) is 22.6 Å². The van der Waals surface area contributed by atoms with Crippen molar-refractivity contribution >= 4 is 22.8 Å². The Morgan fingerprint density at radius 2 is 2.20 bits per heavy atom. The van der Waals surface area contributed by atoms with E-state index in [4.69, 9.17) is 4.42 Å². The van der Waals surface area contributed by atoms with Crippen molar-refractivity contribution in [3.05, 3.63) is 30.5 Å². The number of carbonyl (C=O) groups excluding carboxylic acids is 1. The molecule has 1 saturated carbocycles. The number of carbonyl (C=O) groups is 1. The van der Waals surface area contributed by atoms with Crippen LogP contribution in [-0.2, 0) is 4.79 Å². The standard InChI is InChI=1S/C14H12N4O2/c19-13(8-5-6-8)17-12-9(7-15-18-12)14-16-10-3-1-2-4-11(10)20-14/h1-4,7-8H,5-6H2,(H2,15,17,18,19). The molecule has 1 aliphatic rings. The van der Waals surface area contributed by atoms with Crippen LogP contribution in [0.1, 0.15) is 12.8 Å². The maximum absolute atomic E-state index is 11.8. The molecule has 1 aliphatic carbocycles. The van der Waals surface area contributed by atoms with Crippen LogP contribution in [0.4, 0.5) is 5.82 Å². The summed E-state index contributed by atoms with van der Waals surface area (Å²) in [6.07, 6.45) is 3.58. The van der Waals surface area contributed by atoms with Crippen molar-refractivity contribution in [3.63, 3.8) is 0 Å². The van der Waals surface area contributed by atoms with Gasteiger partial charge in [-0.3, -0.25) is 9.89 Å². The van der Waals surface area contributed by atoms with Crippen LogP contribution in [0.3, 0.4) is 0 Å². The zero-order valence-electron chi connectivity index (χ0n) is 10.6. The molecular formula is C14H12N4O2. The molecule has 0 atom stereocenters. The number of para-hydroxylation sites is 2. The Hall–Kier alpha value is -2.63. The van der Waals surface area contributed by atoms with Crippen LogP contribution in [0.5, 0.6) is 0 Å². The number of benzene rings is 1. The average molecular weight is 268 g/mol. The van der Waals surface area contributed by atoms with Gasteiger partial charge in [0.15, 0.2) is 11.4 Å². The van der Waals surface area contributed by atoms with Crippen molar-refractivity contribution in [2.24, 2.45) is 5.92 Å². The Kier molecular flexibility index (Phi) is 2.35. The molecule has 6 nitrogen and oxygen atoms in total. The molecule has 2 heterocycles. The van der Waals surface area contributed by atoms with Crippen molar-refractivity contribution in [1.82, 2.24) is 15.2 Å². The molecule has 0 bridgehead atoms. The summed E-state index contributed by atoms with van der Waals surface area (Å²) >= 11 is 0. The molecule has 4 rings (SSSR count). The van der Waals surface area contributed by atoms with Gasteiger partial charge >= 0.3 is 0 Å². The first kappa shape index (κ1) is 11.2. The smallest absolute Gasteiger partial charge is 0.232 e. The van der Waals surface area contributed by atoms with Gasteiger partial charge in [0.05, 0.1) is 5.56 Å². The first-order valence-corrected chi connectivity index (χ1v) is 6.52. The van der Waals surface area contributed by atoms with Gasteiger partial charge in [-0.2, -0.15) is 5.10 Å². The van der Waals surface area contributed by atoms with E-state index in [1.165, 1.54) is 0 Å². The van der Waals surface area contributed by atoms with Crippen LogP contribution < -0.4 is 5.32 Å². The van der Waals surface area contributed by atoms with E-state index < -0.39 is 0 Å². The minimum Gasteiger partial charge on any atom is -0.436 e. The van der Waals surface area contributed by atoms with E-state index in [1.807, 2.05) is 24.3 Å². The molecule has 0 aliphatic heterocycles. The summed E-state index contributed by atoms with van der Waals surface area (Å²) in [6, 6.07) is 7.53. The molecule has 2 aromatic heterocycles. The second-order valence-corrected chi connectivity index (χ2v) is 4.90. The molecule has 3 aromatic rings. The average Bonchev–Trinajstić information content (AvgIpc) is 3.07. The highest BCUT2D eigenvalue weighted by Crippen LogP contribution is 2.32. The Labute approximate surface area is 114 Å². The number of oxazole rings is 1. The largest absolute Gasteiger partial charge is 0.436 e. The maximum atomic E-state index is 11.8. The molecule has 1 fully saturated rings. The third kappa shape index (κ3) is 1.85. The topological polar surface area (TPSA) is 83.8 Å². The lowest BCUT2D eigenvalue weighted by Crippen LogP contribution is -2.14. The number of rotatable bonds is 3. The monoisotopic (exact) mass is 268 g/mol. The molecule has 6 heteroatoms. The Morgan fingerprint density at radius 3 is 3.00 bits per heavy atom. The van der Waals surface area contributed by atoms with Gasteiger partial charge in [-0.1, -0.05) is 12.1 Å². The van der Waals surface area contributed by atoms with Gasteiger partial charge in [0, 0.05) is 12.1 Å². The predicted octanol–water partition coefficient (Wildman–Crippen LogP) is 2.57. The van der Waals surface area contributed by atoms with Crippen molar-refractivity contribution < 1.29 is 9.21 Å². The fourth-order valence-electron chi connectivity index (χ4n) is 2.10. The first-order chi connectivity index (χ1) is 9.81. The summed E-state index contributed by atoms with van der Waals surface area (Å²) < 4.78 is 5.69. The third-order valence-corrected chi connectivity index (χ3v) is 3.35. The highest BCUT2D eigenvalue weighted by molar-refractivity contribution is 5.96. The van der Waals surface area contributed by atoms with E-state index in [2.05, 4.69) is 20.5 Å². The highest BCUT2D eigenvalue weighted by Gasteiger charge is 2.30. The first-order valence-electron chi connectivity index (χ1n) is 6.52. The maximum Gasteiger partial charge on any atom is 0.232 e. The lowest BCUT2D eigenvalue weighted by molar-refractivity contribution is -0.117. The van der Waals surface area contributed by atoms with Gasteiger partial charge in [0.2, 0.25) is 11.8 Å². The number of hydrogen-bond acceptors (Lipinski definition) is 4. The predicted molar refractivity (Wildman–Crippen MR) is 72.9 cm³/mol. The van der Waals surface area contributed by atoms with Crippen LogP contribution in [0.15, 0.2) is 34.9 Å². The van der Waals surface area contributed by atoms with Crippen LogP contribution in [-0.4, -0.2) is 21.1 Å². The van der Waals surface area contributed by atoms with Crippen molar-refractivity contribution in [2.45, 2.75) is 12.8 Å². The lowest BCUT2D eigenvalue weighted by Gasteiger charge is -2.01. The summed E-state index contributed by atoms with van der Waals surface area (Å²) in [5, 5.41) is 9.61. The second kappa shape index (κ2) is 4.19. The molecule has 0 saturated heterocycles. The van der Waals surface area contributed by atoms with E-state index in [1.54, 1.807) is 6.20 Å². The highest BCUT2D eigenvalue weighted by atomic mass is 16.3. The zero-order chi connectivity index (χ0) is 13.5. The number of nitrogens with zero attached hydrogens (tertiary/aromatic N) is 2. The SMILES string of the molecule is O=C(Nc1n[nH]cc1-c1nc2ccccc2o1)C1CC1. The summed E-state index contributed by atoms with van der Waals surface area (Å²) in [6.45, 7) is 0. The normalized spacial score (nSPS) is 14.6. The zero-order valence-corrected chi connectivity index (χ0v) is 10.6. The number of fused-ring (bicyclic) bond motifs is 1. The number of amides is 1. The number of hydrogen-bond donors (Lipinski definition) is 2.